The summed E-state index contributed by atoms with van der Waals surface area (Å²) in [6.45, 7) is 1.91. The van der Waals surface area contributed by atoms with Crippen LogP contribution in [0.15, 0.2) is 23.7 Å². The molecule has 0 fully saturated rings. The highest BCUT2D eigenvalue weighted by Crippen LogP contribution is 2.23. The van der Waals surface area contributed by atoms with Crippen LogP contribution < -0.4 is 5.73 Å². The number of nitrogens with one attached hydrogen (secondary N) is 1. The molecule has 2 rings (SSSR count). The Hall–Kier alpha value is -1.13. The third kappa shape index (κ3) is 1.64. The van der Waals surface area contributed by atoms with E-state index in [2.05, 4.69) is 16.0 Å². The summed E-state index contributed by atoms with van der Waals surface area (Å²) in [4.78, 5) is 8.58. The second kappa shape index (κ2) is 3.32. The maximum absolute atomic E-state index is 5.69. The fourth-order valence-electron chi connectivity index (χ4n) is 1.13. The molecule has 0 bridgehead atoms. The van der Waals surface area contributed by atoms with Crippen molar-refractivity contribution in [1.82, 2.24) is 9.97 Å². The summed E-state index contributed by atoms with van der Waals surface area (Å²) >= 11 is 1.69. The molecule has 0 aliphatic carbocycles. The first-order valence-corrected chi connectivity index (χ1v) is 4.99. The summed E-state index contributed by atoms with van der Waals surface area (Å²) in [5, 5.41) is 2.04. The fourth-order valence-corrected chi connectivity index (χ4v) is 1.82. The smallest absolute Gasteiger partial charge is 0.123 e. The molecular weight excluding hydrogens is 182 g/mol. The quantitative estimate of drug-likeness (QED) is 0.767. The molecule has 2 aromatic heterocycles. The van der Waals surface area contributed by atoms with Crippen molar-refractivity contribution in [2.75, 3.05) is 0 Å². The molecule has 0 spiro atoms. The molecule has 0 aliphatic heterocycles. The lowest BCUT2D eigenvalue weighted by Gasteiger charge is -1.97. The summed E-state index contributed by atoms with van der Waals surface area (Å²) < 4.78 is 0. The number of hydrogen-bond donors (Lipinski definition) is 2. The molecule has 2 aromatic rings. The maximum atomic E-state index is 5.69. The first kappa shape index (κ1) is 8.47. The summed E-state index contributed by atoms with van der Waals surface area (Å²) in [5.74, 6) is 0.836. The number of H-pyrrole nitrogens is 1. The van der Waals surface area contributed by atoms with Crippen LogP contribution in [-0.2, 0) is 0 Å². The van der Waals surface area contributed by atoms with E-state index in [0.717, 1.165) is 11.5 Å². The zero-order valence-corrected chi connectivity index (χ0v) is 8.14. The first-order chi connectivity index (χ1) is 6.27. The Kier molecular flexibility index (Phi) is 2.16. The maximum Gasteiger partial charge on any atom is 0.123 e. The third-order valence-electron chi connectivity index (χ3n) is 1.81. The Balaban J connectivity index is 2.33. The standard InChI is InChI=1S/C9H11N3S/c1-6(10)9-11-5-7(12-9)8-3-2-4-13-8/h2-6H,10H2,1H3,(H,11,12). The van der Waals surface area contributed by atoms with E-state index in [1.165, 1.54) is 4.88 Å². The number of aromatic amines is 1. The highest BCUT2D eigenvalue weighted by Gasteiger charge is 2.06. The third-order valence-corrected chi connectivity index (χ3v) is 2.72. The average molecular weight is 193 g/mol. The highest BCUT2D eigenvalue weighted by molar-refractivity contribution is 7.13. The minimum atomic E-state index is -0.0336. The number of hydrogen-bond acceptors (Lipinski definition) is 3. The van der Waals surface area contributed by atoms with Gasteiger partial charge in [0.15, 0.2) is 0 Å². The van der Waals surface area contributed by atoms with Crippen LogP contribution >= 0.6 is 11.3 Å². The Morgan fingerprint density at radius 1 is 1.62 bits per heavy atom. The Morgan fingerprint density at radius 3 is 3.00 bits per heavy atom. The molecule has 0 saturated carbocycles. The number of rotatable bonds is 2. The number of imidazole rings is 1. The van der Waals surface area contributed by atoms with Crippen LogP contribution in [0.4, 0.5) is 0 Å². The predicted octanol–water partition coefficient (Wildman–Crippen LogP) is 2.16. The van der Waals surface area contributed by atoms with Crippen LogP contribution in [0.5, 0.6) is 0 Å². The average Bonchev–Trinajstić information content (AvgIpc) is 2.75. The zero-order chi connectivity index (χ0) is 9.26. The molecule has 13 heavy (non-hydrogen) atoms. The van der Waals surface area contributed by atoms with E-state index in [0.29, 0.717) is 0 Å². The van der Waals surface area contributed by atoms with Crippen molar-refractivity contribution in [2.24, 2.45) is 5.73 Å². The molecule has 0 saturated heterocycles. The second-order valence-electron chi connectivity index (χ2n) is 2.95. The normalized spacial score (nSPS) is 13.1. The molecular formula is C9H11N3S. The van der Waals surface area contributed by atoms with E-state index in [1.807, 2.05) is 24.6 Å². The molecule has 0 aromatic carbocycles. The number of nitrogens with zero attached hydrogens (tertiary/aromatic N) is 1. The number of thiophene rings is 1. The van der Waals surface area contributed by atoms with Crippen LogP contribution in [0.3, 0.4) is 0 Å². The van der Waals surface area contributed by atoms with Crippen LogP contribution in [0.2, 0.25) is 0 Å². The van der Waals surface area contributed by atoms with E-state index in [-0.39, 0.29) is 6.04 Å². The van der Waals surface area contributed by atoms with Crippen molar-refractivity contribution in [2.45, 2.75) is 13.0 Å². The van der Waals surface area contributed by atoms with Crippen LogP contribution in [0.25, 0.3) is 10.6 Å². The van der Waals surface area contributed by atoms with Gasteiger partial charge in [0.05, 0.1) is 22.8 Å². The molecule has 1 unspecified atom stereocenters. The van der Waals surface area contributed by atoms with Gasteiger partial charge in [-0.1, -0.05) is 6.07 Å². The van der Waals surface area contributed by atoms with Gasteiger partial charge in [-0.05, 0) is 18.4 Å². The monoisotopic (exact) mass is 193 g/mol. The minimum absolute atomic E-state index is 0.0336. The van der Waals surface area contributed by atoms with Gasteiger partial charge >= 0.3 is 0 Å². The summed E-state index contributed by atoms with van der Waals surface area (Å²) in [7, 11) is 0. The molecule has 68 valence electrons. The number of aromatic nitrogens is 2. The lowest BCUT2D eigenvalue weighted by molar-refractivity contribution is 0.756. The van der Waals surface area contributed by atoms with Gasteiger partial charge < -0.3 is 10.7 Å². The van der Waals surface area contributed by atoms with Crippen molar-refractivity contribution in [3.63, 3.8) is 0 Å². The fraction of sp³-hybridized carbons (Fsp3) is 0.222. The van der Waals surface area contributed by atoms with E-state index in [9.17, 15) is 0 Å². The van der Waals surface area contributed by atoms with Gasteiger partial charge in [-0.25, -0.2) is 4.98 Å². The van der Waals surface area contributed by atoms with Crippen molar-refractivity contribution in [3.8, 4) is 10.6 Å². The predicted molar refractivity (Wildman–Crippen MR) is 54.5 cm³/mol. The van der Waals surface area contributed by atoms with Crippen LogP contribution in [0, 0.1) is 0 Å². The summed E-state index contributed by atoms with van der Waals surface area (Å²) in [6, 6.07) is 4.05. The topological polar surface area (TPSA) is 54.7 Å². The molecule has 3 N–H and O–H groups in total. The second-order valence-corrected chi connectivity index (χ2v) is 3.90. The minimum Gasteiger partial charge on any atom is -0.340 e. The van der Waals surface area contributed by atoms with Gasteiger partial charge in [-0.3, -0.25) is 0 Å². The van der Waals surface area contributed by atoms with Crippen LogP contribution in [0.1, 0.15) is 18.8 Å². The van der Waals surface area contributed by atoms with E-state index in [1.54, 1.807) is 11.3 Å². The van der Waals surface area contributed by atoms with Crippen LogP contribution in [-0.4, -0.2) is 9.97 Å². The molecule has 2 heterocycles. The molecule has 1 atom stereocenters. The van der Waals surface area contributed by atoms with Crippen molar-refractivity contribution < 1.29 is 0 Å². The molecule has 0 aliphatic rings. The van der Waals surface area contributed by atoms with Gasteiger partial charge in [0.2, 0.25) is 0 Å². The zero-order valence-electron chi connectivity index (χ0n) is 7.32. The highest BCUT2D eigenvalue weighted by atomic mass is 32.1. The van der Waals surface area contributed by atoms with Crippen molar-refractivity contribution in [3.05, 3.63) is 29.5 Å². The SMILES string of the molecule is CC(N)c1ncc(-c2cccs2)[nH]1. The lowest BCUT2D eigenvalue weighted by atomic mass is 10.3. The number of nitrogens with two attached hydrogens (primary N) is 1. The summed E-state index contributed by atoms with van der Waals surface area (Å²) in [5.41, 5.74) is 6.73. The van der Waals surface area contributed by atoms with Crippen molar-refractivity contribution >= 4 is 11.3 Å². The van der Waals surface area contributed by atoms with Gasteiger partial charge in [-0.2, -0.15) is 0 Å². The van der Waals surface area contributed by atoms with E-state index >= 15 is 0 Å². The Morgan fingerprint density at radius 2 is 2.46 bits per heavy atom. The molecule has 0 amide bonds. The molecule has 0 radical (unpaired) electrons. The van der Waals surface area contributed by atoms with E-state index < -0.39 is 0 Å². The molecule has 4 heteroatoms. The Labute approximate surface area is 80.6 Å². The van der Waals surface area contributed by atoms with Crippen molar-refractivity contribution in [1.29, 1.82) is 0 Å². The van der Waals surface area contributed by atoms with Gasteiger partial charge in [0.1, 0.15) is 5.82 Å². The summed E-state index contributed by atoms with van der Waals surface area (Å²) in [6.07, 6.45) is 1.82. The van der Waals surface area contributed by atoms with Gasteiger partial charge in [0.25, 0.3) is 0 Å². The van der Waals surface area contributed by atoms with Gasteiger partial charge in [-0.15, -0.1) is 11.3 Å². The lowest BCUT2D eigenvalue weighted by Crippen LogP contribution is -2.06. The Bertz CT molecular complexity index is 375. The van der Waals surface area contributed by atoms with E-state index in [4.69, 9.17) is 5.73 Å². The molecule has 3 nitrogen and oxygen atoms in total. The first-order valence-electron chi connectivity index (χ1n) is 4.12. The van der Waals surface area contributed by atoms with Gasteiger partial charge in [0, 0.05) is 0 Å². The largest absolute Gasteiger partial charge is 0.340 e.